The van der Waals surface area contributed by atoms with Gasteiger partial charge in [0.15, 0.2) is 0 Å². The highest BCUT2D eigenvalue weighted by molar-refractivity contribution is 7.96. The van der Waals surface area contributed by atoms with E-state index in [1.54, 1.807) is 24.3 Å². The highest BCUT2D eigenvalue weighted by Crippen LogP contribution is 2.12. The van der Waals surface area contributed by atoms with E-state index in [-0.39, 0.29) is 10.5 Å². The molecule has 0 aliphatic rings. The molecule has 0 atom stereocenters. The van der Waals surface area contributed by atoms with Crippen LogP contribution in [0, 0.1) is 11.2 Å². The van der Waals surface area contributed by atoms with Crippen molar-refractivity contribution >= 4 is 15.8 Å². The molecule has 21 heavy (non-hydrogen) atoms. The third-order valence-electron chi connectivity index (χ3n) is 2.69. The summed E-state index contributed by atoms with van der Waals surface area (Å²) in [5.74, 6) is 2.08. The lowest BCUT2D eigenvalue weighted by Crippen LogP contribution is -2.02. The first-order valence-electron chi connectivity index (χ1n) is 6.04. The number of carbonyl (C=O) groups excluding carboxylic acids is 1. The van der Waals surface area contributed by atoms with E-state index in [2.05, 4.69) is 15.9 Å². The van der Waals surface area contributed by atoms with Crippen molar-refractivity contribution in [2.24, 2.45) is 0 Å². The Morgan fingerprint density at radius 1 is 1.00 bits per heavy atom. The van der Waals surface area contributed by atoms with Gasteiger partial charge in [-0.25, -0.2) is 13.2 Å². The average Bonchev–Trinajstić information content (AvgIpc) is 2.53. The Hall–Kier alpha value is -2.58. The standard InChI is InChI=1S/C16H12O4S/c1-20-16(17)14-7-9-15(10-8-14)21(18,19)12-11-13-5-3-2-4-6-13/h2-10H,1H3. The molecular weight excluding hydrogens is 288 g/mol. The molecule has 0 aromatic heterocycles. The summed E-state index contributed by atoms with van der Waals surface area (Å²) in [5.41, 5.74) is 0.903. The first-order chi connectivity index (χ1) is 10.0. The maximum absolute atomic E-state index is 12.1. The zero-order valence-electron chi connectivity index (χ0n) is 11.2. The topological polar surface area (TPSA) is 60.4 Å². The molecule has 0 heterocycles. The molecule has 0 unspecified atom stereocenters. The van der Waals surface area contributed by atoms with E-state index in [0.717, 1.165) is 0 Å². The number of sulfone groups is 1. The summed E-state index contributed by atoms with van der Waals surface area (Å²) >= 11 is 0. The highest BCUT2D eigenvalue weighted by atomic mass is 32.2. The number of esters is 1. The van der Waals surface area contributed by atoms with Gasteiger partial charge in [0, 0.05) is 10.8 Å². The van der Waals surface area contributed by atoms with Crippen molar-refractivity contribution in [3.8, 4) is 11.2 Å². The predicted octanol–water partition coefficient (Wildman–Crippen LogP) is 2.26. The van der Waals surface area contributed by atoms with Gasteiger partial charge in [0.2, 0.25) is 9.84 Å². The number of hydrogen-bond donors (Lipinski definition) is 0. The third-order valence-corrected chi connectivity index (χ3v) is 3.95. The van der Waals surface area contributed by atoms with Gasteiger partial charge in [-0.05, 0) is 42.3 Å². The van der Waals surface area contributed by atoms with Crippen molar-refractivity contribution in [3.63, 3.8) is 0 Å². The molecule has 0 aliphatic carbocycles. The van der Waals surface area contributed by atoms with E-state index < -0.39 is 15.8 Å². The minimum atomic E-state index is -3.72. The largest absolute Gasteiger partial charge is 0.465 e. The summed E-state index contributed by atoms with van der Waals surface area (Å²) in [6, 6.07) is 14.3. The van der Waals surface area contributed by atoms with Crippen LogP contribution in [0.4, 0.5) is 0 Å². The van der Waals surface area contributed by atoms with E-state index in [1.165, 1.54) is 31.4 Å². The zero-order valence-corrected chi connectivity index (χ0v) is 12.1. The van der Waals surface area contributed by atoms with Gasteiger partial charge in [0.25, 0.3) is 0 Å². The first-order valence-corrected chi connectivity index (χ1v) is 7.52. The second kappa shape index (κ2) is 6.25. The number of methoxy groups -OCH3 is 1. The van der Waals surface area contributed by atoms with E-state index >= 15 is 0 Å². The van der Waals surface area contributed by atoms with Crippen LogP contribution >= 0.6 is 0 Å². The molecule has 0 bridgehead atoms. The first kappa shape index (κ1) is 14.8. The van der Waals surface area contributed by atoms with Crippen LogP contribution in [0.15, 0.2) is 59.5 Å². The van der Waals surface area contributed by atoms with Crippen molar-refractivity contribution in [3.05, 3.63) is 65.7 Å². The fourth-order valence-electron chi connectivity index (χ4n) is 1.59. The third kappa shape index (κ3) is 3.71. The lowest BCUT2D eigenvalue weighted by atomic mass is 10.2. The van der Waals surface area contributed by atoms with E-state index in [1.807, 2.05) is 6.07 Å². The van der Waals surface area contributed by atoms with Crippen molar-refractivity contribution in [2.75, 3.05) is 7.11 Å². The molecule has 0 aliphatic heterocycles. The van der Waals surface area contributed by atoms with Crippen LogP contribution in [0.1, 0.15) is 15.9 Å². The molecule has 2 aromatic carbocycles. The maximum atomic E-state index is 12.1. The van der Waals surface area contributed by atoms with Gasteiger partial charge in [-0.2, -0.15) is 0 Å². The Kier molecular flexibility index (Phi) is 4.41. The quantitative estimate of drug-likeness (QED) is 0.630. The van der Waals surface area contributed by atoms with Crippen molar-refractivity contribution in [1.29, 1.82) is 0 Å². The smallest absolute Gasteiger partial charge is 0.337 e. The molecule has 0 radical (unpaired) electrons. The molecule has 4 nitrogen and oxygen atoms in total. The van der Waals surface area contributed by atoms with Gasteiger partial charge in [-0.15, -0.1) is 0 Å². The summed E-state index contributed by atoms with van der Waals surface area (Å²) < 4.78 is 28.7. The van der Waals surface area contributed by atoms with Crippen molar-refractivity contribution in [2.45, 2.75) is 4.90 Å². The fraction of sp³-hybridized carbons (Fsp3) is 0.0625. The summed E-state index contributed by atoms with van der Waals surface area (Å²) in [6.07, 6.45) is 0. The van der Waals surface area contributed by atoms with Crippen LogP contribution < -0.4 is 0 Å². The molecular formula is C16H12O4S. The van der Waals surface area contributed by atoms with Gasteiger partial charge < -0.3 is 4.74 Å². The molecule has 0 N–H and O–H groups in total. The molecule has 0 amide bonds. The molecule has 0 fully saturated rings. The van der Waals surface area contributed by atoms with Gasteiger partial charge >= 0.3 is 5.97 Å². The summed E-state index contributed by atoms with van der Waals surface area (Å²) in [6.45, 7) is 0. The van der Waals surface area contributed by atoms with Gasteiger partial charge in [0.1, 0.15) is 0 Å². The highest BCUT2D eigenvalue weighted by Gasteiger charge is 2.12. The number of rotatable bonds is 2. The summed E-state index contributed by atoms with van der Waals surface area (Å²) in [7, 11) is -2.46. The number of carbonyl (C=O) groups is 1. The second-order valence-corrected chi connectivity index (χ2v) is 5.79. The lowest BCUT2D eigenvalue weighted by molar-refractivity contribution is 0.0600. The summed E-state index contributed by atoms with van der Waals surface area (Å²) in [5, 5.41) is 2.26. The van der Waals surface area contributed by atoms with Crippen LogP contribution in [0.2, 0.25) is 0 Å². The lowest BCUT2D eigenvalue weighted by Gasteiger charge is -2.00. The SMILES string of the molecule is COC(=O)c1ccc(S(=O)(=O)C#Cc2ccccc2)cc1. The normalized spacial score (nSPS) is 10.3. The predicted molar refractivity (Wildman–Crippen MR) is 78.3 cm³/mol. The molecule has 2 rings (SSSR count). The van der Waals surface area contributed by atoms with Gasteiger partial charge in [-0.3, -0.25) is 0 Å². The average molecular weight is 300 g/mol. The second-order valence-electron chi connectivity index (χ2n) is 4.11. The van der Waals surface area contributed by atoms with Crippen LogP contribution in [-0.2, 0) is 14.6 Å². The van der Waals surface area contributed by atoms with E-state index in [4.69, 9.17) is 0 Å². The van der Waals surface area contributed by atoms with E-state index in [0.29, 0.717) is 5.56 Å². The molecule has 5 heteroatoms. The van der Waals surface area contributed by atoms with Crippen LogP contribution in [-0.4, -0.2) is 21.5 Å². The van der Waals surface area contributed by atoms with Gasteiger partial charge in [-0.1, -0.05) is 18.2 Å². The van der Waals surface area contributed by atoms with Crippen molar-refractivity contribution < 1.29 is 17.9 Å². The zero-order chi connectivity index (χ0) is 15.3. The number of hydrogen-bond acceptors (Lipinski definition) is 4. The van der Waals surface area contributed by atoms with Crippen LogP contribution in [0.3, 0.4) is 0 Å². The minimum absolute atomic E-state index is 0.0404. The number of benzene rings is 2. The van der Waals surface area contributed by atoms with E-state index in [9.17, 15) is 13.2 Å². The number of ether oxygens (including phenoxy) is 1. The molecule has 2 aromatic rings. The minimum Gasteiger partial charge on any atom is -0.465 e. The maximum Gasteiger partial charge on any atom is 0.337 e. The molecule has 0 saturated carbocycles. The summed E-state index contributed by atoms with van der Waals surface area (Å²) in [4.78, 5) is 11.3. The molecule has 0 saturated heterocycles. The van der Waals surface area contributed by atoms with Crippen molar-refractivity contribution in [1.82, 2.24) is 0 Å². The molecule has 106 valence electrons. The Balaban J connectivity index is 2.29. The van der Waals surface area contributed by atoms with Crippen LogP contribution in [0.25, 0.3) is 0 Å². The molecule has 0 spiro atoms. The Bertz CT molecular complexity index is 795. The Morgan fingerprint density at radius 3 is 2.19 bits per heavy atom. The van der Waals surface area contributed by atoms with Crippen LogP contribution in [0.5, 0.6) is 0 Å². The Labute approximate surface area is 123 Å². The fourth-order valence-corrected chi connectivity index (χ4v) is 2.46. The van der Waals surface area contributed by atoms with Gasteiger partial charge in [0.05, 0.1) is 17.6 Å². The Morgan fingerprint density at radius 2 is 1.62 bits per heavy atom. The monoisotopic (exact) mass is 300 g/mol.